The van der Waals surface area contributed by atoms with Gasteiger partial charge in [-0.2, -0.15) is 5.10 Å². The Morgan fingerprint density at radius 2 is 1.55 bits per heavy atom. The number of hydrogen-bond acceptors (Lipinski definition) is 7. The van der Waals surface area contributed by atoms with Gasteiger partial charge >= 0.3 is 5.97 Å². The molecular formula is C29H22Cl3N3O6S. The van der Waals surface area contributed by atoms with Crippen LogP contribution in [0.5, 0.6) is 11.5 Å². The van der Waals surface area contributed by atoms with Crippen molar-refractivity contribution in [2.75, 3.05) is 11.3 Å². The summed E-state index contributed by atoms with van der Waals surface area (Å²) in [6, 6.07) is 20.7. The fourth-order valence-electron chi connectivity index (χ4n) is 3.51. The molecule has 0 unspecified atom stereocenters. The number of hydrogen-bond donors (Lipinski definition) is 2. The predicted molar refractivity (Wildman–Crippen MR) is 163 cm³/mol. The number of rotatable bonds is 10. The summed E-state index contributed by atoms with van der Waals surface area (Å²) in [6.45, 7) is 2.08. The van der Waals surface area contributed by atoms with Gasteiger partial charge in [0.15, 0.2) is 11.5 Å². The first kappa shape index (κ1) is 30.9. The Morgan fingerprint density at radius 3 is 2.21 bits per heavy atom. The number of sulfonamides is 1. The summed E-state index contributed by atoms with van der Waals surface area (Å²) in [5.74, 6) is -0.757. The molecule has 0 atom stereocenters. The van der Waals surface area contributed by atoms with E-state index in [-0.39, 0.29) is 38.2 Å². The largest absolute Gasteiger partial charge is 0.490 e. The summed E-state index contributed by atoms with van der Waals surface area (Å²) >= 11 is 17.8. The third kappa shape index (κ3) is 8.01. The molecule has 0 saturated heterocycles. The van der Waals surface area contributed by atoms with Crippen molar-refractivity contribution in [3.63, 3.8) is 0 Å². The Balaban J connectivity index is 1.38. The molecule has 4 rings (SSSR count). The number of esters is 1. The Bertz CT molecular complexity index is 1750. The summed E-state index contributed by atoms with van der Waals surface area (Å²) in [5, 5.41) is 4.92. The molecule has 0 aliphatic heterocycles. The standard InChI is InChI=1S/C29H22Cl3N3O6S/c1-2-40-27-15-18(3-14-26(27)41-29(37)24-13-8-21(31)16-25(24)32)17-33-34-28(36)19-4-9-22(10-5-19)35-42(38,39)23-11-6-20(30)7-12-23/h3-17,35H,2H2,1H3,(H,34,36)/b33-17+. The number of anilines is 1. The van der Waals surface area contributed by atoms with E-state index in [9.17, 15) is 18.0 Å². The van der Waals surface area contributed by atoms with Gasteiger partial charge in [-0.1, -0.05) is 34.8 Å². The molecule has 2 N–H and O–H groups in total. The maximum atomic E-state index is 12.6. The lowest BCUT2D eigenvalue weighted by Crippen LogP contribution is -2.18. The normalized spacial score (nSPS) is 11.2. The second kappa shape index (κ2) is 13.7. The van der Waals surface area contributed by atoms with E-state index in [1.165, 1.54) is 79.0 Å². The van der Waals surface area contributed by atoms with Crippen LogP contribution in [0.4, 0.5) is 5.69 Å². The predicted octanol–water partition coefficient (Wildman–Crippen LogP) is 6.83. The van der Waals surface area contributed by atoms with E-state index in [1.54, 1.807) is 19.1 Å². The van der Waals surface area contributed by atoms with Crippen molar-refractivity contribution >= 4 is 68.6 Å². The molecule has 0 aliphatic carbocycles. The van der Waals surface area contributed by atoms with Crippen molar-refractivity contribution in [2.45, 2.75) is 11.8 Å². The van der Waals surface area contributed by atoms with Crippen molar-refractivity contribution in [3.8, 4) is 11.5 Å². The van der Waals surface area contributed by atoms with E-state index in [0.717, 1.165) is 0 Å². The number of ether oxygens (including phenoxy) is 2. The van der Waals surface area contributed by atoms with Gasteiger partial charge in [-0.25, -0.2) is 18.6 Å². The minimum Gasteiger partial charge on any atom is -0.490 e. The van der Waals surface area contributed by atoms with Gasteiger partial charge < -0.3 is 9.47 Å². The zero-order valence-electron chi connectivity index (χ0n) is 21.8. The lowest BCUT2D eigenvalue weighted by Gasteiger charge is -2.12. The van der Waals surface area contributed by atoms with Crippen LogP contribution in [0.3, 0.4) is 0 Å². The molecule has 0 aromatic heterocycles. The van der Waals surface area contributed by atoms with Crippen molar-refractivity contribution in [1.29, 1.82) is 0 Å². The highest BCUT2D eigenvalue weighted by Gasteiger charge is 2.17. The number of halogens is 3. The minimum atomic E-state index is -3.82. The quantitative estimate of drug-likeness (QED) is 0.0843. The second-order valence-corrected chi connectivity index (χ2v) is 11.5. The van der Waals surface area contributed by atoms with Crippen molar-refractivity contribution in [3.05, 3.63) is 117 Å². The Labute approximate surface area is 257 Å². The van der Waals surface area contributed by atoms with E-state index < -0.39 is 21.9 Å². The number of nitrogens with zero attached hydrogens (tertiary/aromatic N) is 1. The monoisotopic (exact) mass is 645 g/mol. The lowest BCUT2D eigenvalue weighted by atomic mass is 10.2. The molecule has 9 nitrogen and oxygen atoms in total. The van der Waals surface area contributed by atoms with Crippen molar-refractivity contribution in [1.82, 2.24) is 5.43 Å². The van der Waals surface area contributed by atoms with Gasteiger partial charge in [-0.3, -0.25) is 9.52 Å². The molecule has 0 aliphatic rings. The molecular weight excluding hydrogens is 625 g/mol. The third-order valence-corrected chi connectivity index (χ3v) is 7.72. The van der Waals surface area contributed by atoms with Gasteiger partial charge in [-0.05, 0) is 97.4 Å². The average Bonchev–Trinajstić information content (AvgIpc) is 2.95. The molecule has 4 aromatic carbocycles. The molecule has 4 aromatic rings. The minimum absolute atomic E-state index is 0.0488. The lowest BCUT2D eigenvalue weighted by molar-refractivity contribution is 0.0728. The maximum Gasteiger partial charge on any atom is 0.345 e. The number of hydrazone groups is 1. The molecule has 0 spiro atoms. The second-order valence-electron chi connectivity index (χ2n) is 8.49. The van der Waals surface area contributed by atoms with E-state index in [4.69, 9.17) is 44.3 Å². The molecule has 0 bridgehead atoms. The number of amides is 1. The van der Waals surface area contributed by atoms with E-state index >= 15 is 0 Å². The molecule has 0 fully saturated rings. The smallest absolute Gasteiger partial charge is 0.345 e. The molecule has 0 radical (unpaired) electrons. The highest BCUT2D eigenvalue weighted by Crippen LogP contribution is 2.30. The van der Waals surface area contributed by atoms with Crippen LogP contribution in [0.25, 0.3) is 0 Å². The van der Waals surface area contributed by atoms with Crippen LogP contribution >= 0.6 is 34.8 Å². The van der Waals surface area contributed by atoms with Crippen LogP contribution in [0.1, 0.15) is 33.2 Å². The molecule has 0 saturated carbocycles. The van der Waals surface area contributed by atoms with Crippen LogP contribution in [-0.2, 0) is 10.0 Å². The number of nitrogens with one attached hydrogen (secondary N) is 2. The van der Waals surface area contributed by atoms with Crippen LogP contribution < -0.4 is 19.6 Å². The highest BCUT2D eigenvalue weighted by atomic mass is 35.5. The molecule has 1 amide bonds. The SMILES string of the molecule is CCOc1cc(/C=N/NC(=O)c2ccc(NS(=O)(=O)c3ccc(Cl)cc3)cc2)ccc1OC(=O)c1ccc(Cl)cc1Cl. The van der Waals surface area contributed by atoms with Gasteiger partial charge in [-0.15, -0.1) is 0 Å². The van der Waals surface area contributed by atoms with Crippen molar-refractivity contribution in [2.24, 2.45) is 5.10 Å². The van der Waals surface area contributed by atoms with Crippen LogP contribution in [0.15, 0.2) is 94.9 Å². The Hall–Kier alpha value is -4.09. The Morgan fingerprint density at radius 1 is 0.857 bits per heavy atom. The average molecular weight is 647 g/mol. The molecule has 42 heavy (non-hydrogen) atoms. The first-order valence-corrected chi connectivity index (χ1v) is 14.8. The fraction of sp³-hybridized carbons (Fsp3) is 0.0690. The van der Waals surface area contributed by atoms with Gasteiger partial charge in [0.25, 0.3) is 15.9 Å². The summed E-state index contributed by atoms with van der Waals surface area (Å²) in [7, 11) is -3.82. The zero-order chi connectivity index (χ0) is 30.3. The van der Waals surface area contributed by atoms with E-state index in [2.05, 4.69) is 15.2 Å². The van der Waals surface area contributed by atoms with Gasteiger partial charge in [0, 0.05) is 21.3 Å². The van der Waals surface area contributed by atoms with Gasteiger partial charge in [0.2, 0.25) is 0 Å². The fourth-order valence-corrected chi connectivity index (χ4v) is 5.19. The summed E-state index contributed by atoms with van der Waals surface area (Å²) in [4.78, 5) is 25.2. The van der Waals surface area contributed by atoms with E-state index in [0.29, 0.717) is 22.2 Å². The van der Waals surface area contributed by atoms with Gasteiger partial charge in [0.05, 0.1) is 28.3 Å². The molecule has 13 heteroatoms. The Kier molecular flexibility index (Phi) is 10.1. The van der Waals surface area contributed by atoms with E-state index in [1.807, 2.05) is 0 Å². The summed E-state index contributed by atoms with van der Waals surface area (Å²) in [5.41, 5.74) is 3.62. The summed E-state index contributed by atoms with van der Waals surface area (Å²) < 4.78 is 38.6. The van der Waals surface area contributed by atoms with Gasteiger partial charge in [0.1, 0.15) is 0 Å². The zero-order valence-corrected chi connectivity index (χ0v) is 24.9. The summed E-state index contributed by atoms with van der Waals surface area (Å²) in [6.07, 6.45) is 1.39. The number of carbonyl (C=O) groups excluding carboxylic acids is 2. The first-order valence-electron chi connectivity index (χ1n) is 12.2. The van der Waals surface area contributed by atoms with Crippen molar-refractivity contribution < 1.29 is 27.5 Å². The number of carbonyl (C=O) groups is 2. The topological polar surface area (TPSA) is 123 Å². The maximum absolute atomic E-state index is 12.6. The molecule has 0 heterocycles. The third-order valence-electron chi connectivity index (χ3n) is 5.52. The highest BCUT2D eigenvalue weighted by molar-refractivity contribution is 7.92. The van der Waals surface area contributed by atoms with Crippen LogP contribution in [-0.4, -0.2) is 33.1 Å². The van der Waals surface area contributed by atoms with Crippen LogP contribution in [0, 0.1) is 0 Å². The first-order chi connectivity index (χ1) is 20.1. The molecule has 216 valence electrons. The number of benzene rings is 4. The van der Waals surface area contributed by atoms with Crippen LogP contribution in [0.2, 0.25) is 15.1 Å².